The quantitative estimate of drug-likeness (QED) is 0.277. The van der Waals surface area contributed by atoms with E-state index in [9.17, 15) is 0 Å². The lowest BCUT2D eigenvalue weighted by Crippen LogP contribution is -1.75. The molecule has 5 rings (SSSR count). The van der Waals surface area contributed by atoms with E-state index in [1.165, 1.54) is 0 Å². The molecular weight excluding hydrogens is 368 g/mol. The molecule has 5 aromatic carbocycles. The fraction of sp³-hybridized carbons (Fsp3) is 0. The zero-order valence-corrected chi connectivity index (χ0v) is 16.2. The van der Waals surface area contributed by atoms with E-state index in [1.807, 2.05) is 78.9 Å². The average Bonchev–Trinajstić information content (AvgIpc) is 2.81. The Balaban J connectivity index is 1.60. The molecule has 0 saturated heterocycles. The predicted octanol–water partition coefficient (Wildman–Crippen LogP) is 8.82. The summed E-state index contributed by atoms with van der Waals surface area (Å²) < 4.78 is 0. The third kappa shape index (κ3) is 3.71. The van der Waals surface area contributed by atoms with Crippen LogP contribution in [0.4, 0.5) is 22.7 Å². The highest BCUT2D eigenvalue weighted by Gasteiger charge is 2.06. The lowest BCUT2D eigenvalue weighted by Gasteiger charge is -2.04. The first-order valence-corrected chi connectivity index (χ1v) is 9.76. The molecular formula is C26H18N4. The molecule has 30 heavy (non-hydrogen) atoms. The van der Waals surface area contributed by atoms with E-state index in [0.717, 1.165) is 32.9 Å². The molecule has 142 valence electrons. The van der Waals surface area contributed by atoms with Gasteiger partial charge in [0.2, 0.25) is 0 Å². The van der Waals surface area contributed by atoms with Crippen LogP contribution in [0.25, 0.3) is 21.5 Å². The fourth-order valence-corrected chi connectivity index (χ4v) is 3.39. The molecule has 0 saturated carbocycles. The van der Waals surface area contributed by atoms with Crippen LogP contribution in [-0.4, -0.2) is 0 Å². The van der Waals surface area contributed by atoms with Crippen molar-refractivity contribution in [2.75, 3.05) is 0 Å². The second-order valence-corrected chi connectivity index (χ2v) is 6.92. The van der Waals surface area contributed by atoms with Gasteiger partial charge in [-0.25, -0.2) is 0 Å². The Hall–Kier alpha value is -4.18. The van der Waals surface area contributed by atoms with Gasteiger partial charge in [0.1, 0.15) is 11.4 Å². The van der Waals surface area contributed by atoms with Gasteiger partial charge in [0.05, 0.1) is 11.4 Å². The summed E-state index contributed by atoms with van der Waals surface area (Å²) in [6.07, 6.45) is 0. The lowest BCUT2D eigenvalue weighted by atomic mass is 10.1. The standard InChI is InChI=1S/C26H18N4/c1-2-13-22(14-3-1)27-29-25-17-20-10-4-5-11-21(20)18-26(25)30-28-24-16-8-12-19-9-6-7-15-23(19)24/h1-18H. The number of azo groups is 2. The van der Waals surface area contributed by atoms with E-state index in [1.54, 1.807) is 0 Å². The van der Waals surface area contributed by atoms with Crippen molar-refractivity contribution in [3.63, 3.8) is 0 Å². The van der Waals surface area contributed by atoms with Gasteiger partial charge in [-0.2, -0.15) is 5.11 Å². The van der Waals surface area contributed by atoms with Gasteiger partial charge in [0, 0.05) is 5.39 Å². The van der Waals surface area contributed by atoms with Crippen LogP contribution >= 0.6 is 0 Å². The summed E-state index contributed by atoms with van der Waals surface area (Å²) in [5, 5.41) is 22.3. The Bertz CT molecular complexity index is 1380. The molecule has 0 fully saturated rings. The SMILES string of the molecule is c1ccc(N=Nc2cc3ccccc3cc2N=Nc2cccc3ccccc23)cc1. The molecule has 0 aromatic heterocycles. The van der Waals surface area contributed by atoms with E-state index in [0.29, 0.717) is 11.4 Å². The first-order valence-electron chi connectivity index (χ1n) is 9.76. The molecule has 0 N–H and O–H groups in total. The molecule has 0 radical (unpaired) electrons. The summed E-state index contributed by atoms with van der Waals surface area (Å²) in [6.45, 7) is 0. The molecule has 4 nitrogen and oxygen atoms in total. The maximum absolute atomic E-state index is 4.56. The minimum absolute atomic E-state index is 0.682. The Morgan fingerprint density at radius 3 is 1.63 bits per heavy atom. The Morgan fingerprint density at radius 1 is 0.367 bits per heavy atom. The smallest absolute Gasteiger partial charge is 0.114 e. The monoisotopic (exact) mass is 386 g/mol. The van der Waals surface area contributed by atoms with Crippen molar-refractivity contribution in [1.82, 2.24) is 0 Å². The number of benzene rings is 5. The van der Waals surface area contributed by atoms with E-state index in [-0.39, 0.29) is 0 Å². The first kappa shape index (κ1) is 17.9. The topological polar surface area (TPSA) is 49.4 Å². The Labute approximate surface area is 174 Å². The third-order valence-corrected chi connectivity index (χ3v) is 4.90. The predicted molar refractivity (Wildman–Crippen MR) is 123 cm³/mol. The molecule has 0 bridgehead atoms. The van der Waals surface area contributed by atoms with E-state index in [2.05, 4.69) is 50.8 Å². The van der Waals surface area contributed by atoms with Crippen LogP contribution in [0.15, 0.2) is 130 Å². The summed E-state index contributed by atoms with van der Waals surface area (Å²) in [4.78, 5) is 0. The number of hydrogen-bond donors (Lipinski definition) is 0. The largest absolute Gasteiger partial charge is 0.150 e. The van der Waals surface area contributed by atoms with Crippen molar-refractivity contribution in [2.24, 2.45) is 20.5 Å². The Kier molecular flexibility index (Phi) is 4.80. The number of nitrogens with zero attached hydrogens (tertiary/aromatic N) is 4. The summed E-state index contributed by atoms with van der Waals surface area (Å²) >= 11 is 0. The molecule has 0 aliphatic heterocycles. The molecule has 0 atom stereocenters. The van der Waals surface area contributed by atoms with Gasteiger partial charge in [-0.15, -0.1) is 15.3 Å². The van der Waals surface area contributed by atoms with Crippen LogP contribution in [0.2, 0.25) is 0 Å². The maximum Gasteiger partial charge on any atom is 0.114 e. The maximum atomic E-state index is 4.56. The van der Waals surface area contributed by atoms with Crippen molar-refractivity contribution in [3.05, 3.63) is 109 Å². The minimum Gasteiger partial charge on any atom is -0.150 e. The van der Waals surface area contributed by atoms with Crippen LogP contribution in [-0.2, 0) is 0 Å². The zero-order chi connectivity index (χ0) is 20.2. The van der Waals surface area contributed by atoms with Gasteiger partial charge in [-0.3, -0.25) is 0 Å². The van der Waals surface area contributed by atoms with Crippen LogP contribution in [0, 0.1) is 0 Å². The number of fused-ring (bicyclic) bond motifs is 2. The lowest BCUT2D eigenvalue weighted by molar-refractivity contribution is 1.19. The van der Waals surface area contributed by atoms with Crippen LogP contribution in [0.1, 0.15) is 0 Å². The summed E-state index contributed by atoms with van der Waals surface area (Å²) in [7, 11) is 0. The molecule has 5 aromatic rings. The molecule has 0 unspecified atom stereocenters. The summed E-state index contributed by atoms with van der Waals surface area (Å²) in [5.41, 5.74) is 2.98. The highest BCUT2D eigenvalue weighted by atomic mass is 15.2. The van der Waals surface area contributed by atoms with Crippen molar-refractivity contribution >= 4 is 44.3 Å². The first-order chi connectivity index (χ1) is 14.9. The normalized spacial score (nSPS) is 11.7. The fourth-order valence-electron chi connectivity index (χ4n) is 3.39. The average molecular weight is 386 g/mol. The Morgan fingerprint density at radius 2 is 0.900 bits per heavy atom. The molecule has 0 aliphatic carbocycles. The minimum atomic E-state index is 0.682. The number of rotatable bonds is 4. The van der Waals surface area contributed by atoms with Gasteiger partial charge in [-0.1, -0.05) is 78.9 Å². The van der Waals surface area contributed by atoms with E-state index >= 15 is 0 Å². The molecule has 0 spiro atoms. The van der Waals surface area contributed by atoms with Crippen molar-refractivity contribution < 1.29 is 0 Å². The third-order valence-electron chi connectivity index (χ3n) is 4.90. The van der Waals surface area contributed by atoms with Gasteiger partial charge in [0.15, 0.2) is 0 Å². The van der Waals surface area contributed by atoms with Crippen LogP contribution in [0.3, 0.4) is 0 Å². The van der Waals surface area contributed by atoms with E-state index in [4.69, 9.17) is 0 Å². The van der Waals surface area contributed by atoms with Gasteiger partial charge >= 0.3 is 0 Å². The van der Waals surface area contributed by atoms with Gasteiger partial charge in [-0.05, 0) is 46.5 Å². The van der Waals surface area contributed by atoms with Crippen molar-refractivity contribution in [3.8, 4) is 0 Å². The van der Waals surface area contributed by atoms with Gasteiger partial charge in [0.25, 0.3) is 0 Å². The number of hydrogen-bond acceptors (Lipinski definition) is 4. The highest BCUT2D eigenvalue weighted by molar-refractivity contribution is 5.93. The van der Waals surface area contributed by atoms with Crippen LogP contribution in [0.5, 0.6) is 0 Å². The molecule has 0 amide bonds. The summed E-state index contributed by atoms with van der Waals surface area (Å²) in [6, 6.07) is 36.0. The van der Waals surface area contributed by atoms with Crippen molar-refractivity contribution in [2.45, 2.75) is 0 Å². The second kappa shape index (κ2) is 8.05. The van der Waals surface area contributed by atoms with Crippen LogP contribution < -0.4 is 0 Å². The molecule has 0 aliphatic rings. The zero-order valence-electron chi connectivity index (χ0n) is 16.2. The second-order valence-electron chi connectivity index (χ2n) is 6.92. The summed E-state index contributed by atoms with van der Waals surface area (Å²) in [5.74, 6) is 0. The molecule has 4 heteroatoms. The highest BCUT2D eigenvalue weighted by Crippen LogP contribution is 2.36. The van der Waals surface area contributed by atoms with E-state index < -0.39 is 0 Å². The van der Waals surface area contributed by atoms with Crippen molar-refractivity contribution in [1.29, 1.82) is 0 Å². The van der Waals surface area contributed by atoms with Gasteiger partial charge < -0.3 is 0 Å². The molecule has 0 heterocycles.